The van der Waals surface area contributed by atoms with Crippen molar-refractivity contribution < 1.29 is 18.3 Å². The largest absolute Gasteiger partial charge is 0.416 e. The Labute approximate surface area is 111 Å². The molecule has 0 bridgehead atoms. The molecule has 1 saturated carbocycles. The Morgan fingerprint density at radius 3 is 2.53 bits per heavy atom. The van der Waals surface area contributed by atoms with E-state index >= 15 is 0 Å². The van der Waals surface area contributed by atoms with E-state index in [4.69, 9.17) is 0 Å². The first-order chi connectivity index (χ1) is 8.73. The van der Waals surface area contributed by atoms with Crippen molar-refractivity contribution >= 4 is 0 Å². The Balaban J connectivity index is 2.36. The molecule has 0 amide bonds. The van der Waals surface area contributed by atoms with Gasteiger partial charge >= 0.3 is 6.18 Å². The van der Waals surface area contributed by atoms with Crippen LogP contribution in [0.25, 0.3) is 0 Å². The first-order valence-electron chi connectivity index (χ1n) is 6.63. The molecule has 1 N–H and O–H groups in total. The predicted molar refractivity (Wildman–Crippen MR) is 67.5 cm³/mol. The lowest BCUT2D eigenvalue weighted by Crippen LogP contribution is -2.38. The third kappa shape index (κ3) is 2.78. The summed E-state index contributed by atoms with van der Waals surface area (Å²) < 4.78 is 38.2. The van der Waals surface area contributed by atoms with Gasteiger partial charge < -0.3 is 5.11 Å². The highest BCUT2D eigenvalue weighted by molar-refractivity contribution is 5.31. The van der Waals surface area contributed by atoms with E-state index in [9.17, 15) is 18.3 Å². The van der Waals surface area contributed by atoms with Crippen LogP contribution in [0.15, 0.2) is 24.3 Å². The van der Waals surface area contributed by atoms with Crippen LogP contribution in [0.5, 0.6) is 0 Å². The third-order valence-electron chi connectivity index (χ3n) is 4.28. The van der Waals surface area contributed by atoms with Crippen LogP contribution in [0, 0.1) is 11.8 Å². The van der Waals surface area contributed by atoms with E-state index in [1.807, 2.05) is 6.92 Å². The second-order valence-electron chi connectivity index (χ2n) is 5.78. The molecular weight excluding hydrogens is 253 g/mol. The molecule has 1 aliphatic carbocycles. The maximum atomic E-state index is 12.7. The first kappa shape index (κ1) is 14.4. The maximum absolute atomic E-state index is 12.7. The Bertz CT molecular complexity index is 455. The van der Waals surface area contributed by atoms with Gasteiger partial charge in [-0.15, -0.1) is 0 Å². The van der Waals surface area contributed by atoms with Crippen molar-refractivity contribution in [2.75, 3.05) is 0 Å². The summed E-state index contributed by atoms with van der Waals surface area (Å²) in [6.07, 6.45) is -2.15. The van der Waals surface area contributed by atoms with Gasteiger partial charge in [-0.1, -0.05) is 26.0 Å². The molecule has 19 heavy (non-hydrogen) atoms. The summed E-state index contributed by atoms with van der Waals surface area (Å²) in [5.74, 6) is 0.487. The van der Waals surface area contributed by atoms with Gasteiger partial charge in [0.1, 0.15) is 0 Å². The minimum absolute atomic E-state index is 0.0280. The standard InChI is InChI=1S/C15H19F3O/c1-10-6-7-14(19,11(2)8-10)12-4-3-5-13(9-12)15(16,17)18/h3-5,9-11,19H,6-8H2,1-2H3. The summed E-state index contributed by atoms with van der Waals surface area (Å²) in [7, 11) is 0. The first-order valence-corrected chi connectivity index (χ1v) is 6.63. The third-order valence-corrected chi connectivity index (χ3v) is 4.28. The van der Waals surface area contributed by atoms with E-state index in [0.717, 1.165) is 25.0 Å². The summed E-state index contributed by atoms with van der Waals surface area (Å²) in [5, 5.41) is 10.8. The zero-order chi connectivity index (χ0) is 14.3. The molecule has 0 radical (unpaired) electrons. The van der Waals surface area contributed by atoms with E-state index in [1.165, 1.54) is 6.07 Å². The van der Waals surface area contributed by atoms with Gasteiger partial charge in [-0.3, -0.25) is 0 Å². The highest BCUT2D eigenvalue weighted by Crippen LogP contribution is 2.44. The van der Waals surface area contributed by atoms with E-state index in [1.54, 1.807) is 6.07 Å². The fourth-order valence-corrected chi connectivity index (χ4v) is 3.02. The molecule has 1 fully saturated rings. The fraction of sp³-hybridized carbons (Fsp3) is 0.600. The van der Waals surface area contributed by atoms with Gasteiger partial charge in [0.05, 0.1) is 11.2 Å². The van der Waals surface area contributed by atoms with E-state index in [-0.39, 0.29) is 5.92 Å². The fourth-order valence-electron chi connectivity index (χ4n) is 3.02. The topological polar surface area (TPSA) is 20.2 Å². The van der Waals surface area contributed by atoms with Crippen molar-refractivity contribution in [3.8, 4) is 0 Å². The van der Waals surface area contributed by atoms with Gasteiger partial charge in [0.15, 0.2) is 0 Å². The highest BCUT2D eigenvalue weighted by Gasteiger charge is 2.41. The molecule has 0 aromatic heterocycles. The quantitative estimate of drug-likeness (QED) is 0.806. The monoisotopic (exact) mass is 272 g/mol. The Hall–Kier alpha value is -1.03. The zero-order valence-corrected chi connectivity index (χ0v) is 11.2. The van der Waals surface area contributed by atoms with Crippen molar-refractivity contribution in [1.29, 1.82) is 0 Å². The van der Waals surface area contributed by atoms with Crippen LogP contribution >= 0.6 is 0 Å². The van der Waals surface area contributed by atoms with Crippen molar-refractivity contribution in [2.45, 2.75) is 44.9 Å². The molecule has 1 nitrogen and oxygen atoms in total. The number of alkyl halides is 3. The van der Waals surface area contributed by atoms with Gasteiger partial charge in [-0.2, -0.15) is 13.2 Å². The van der Waals surface area contributed by atoms with Crippen LogP contribution in [0.4, 0.5) is 13.2 Å². The van der Waals surface area contributed by atoms with E-state index in [0.29, 0.717) is 17.9 Å². The highest BCUT2D eigenvalue weighted by atomic mass is 19.4. The maximum Gasteiger partial charge on any atom is 0.416 e. The second kappa shape index (κ2) is 4.82. The Morgan fingerprint density at radius 1 is 1.26 bits per heavy atom. The molecule has 0 heterocycles. The van der Waals surface area contributed by atoms with Gasteiger partial charge in [0.25, 0.3) is 0 Å². The molecule has 1 aromatic carbocycles. The van der Waals surface area contributed by atoms with Gasteiger partial charge in [-0.05, 0) is 48.8 Å². The smallest absolute Gasteiger partial charge is 0.385 e. The molecule has 2 rings (SSSR count). The molecule has 1 aromatic rings. The molecule has 3 atom stereocenters. The van der Waals surface area contributed by atoms with Crippen molar-refractivity contribution in [3.63, 3.8) is 0 Å². The molecular formula is C15H19F3O. The summed E-state index contributed by atoms with van der Waals surface area (Å²) in [4.78, 5) is 0. The summed E-state index contributed by atoms with van der Waals surface area (Å²) in [6, 6.07) is 5.11. The minimum Gasteiger partial charge on any atom is -0.385 e. The summed E-state index contributed by atoms with van der Waals surface area (Å²) in [5.41, 5.74) is -1.43. The average Bonchev–Trinajstić information content (AvgIpc) is 2.33. The SMILES string of the molecule is CC1CCC(O)(c2cccc(C(F)(F)F)c2)C(C)C1. The molecule has 3 unspecified atom stereocenters. The zero-order valence-electron chi connectivity index (χ0n) is 11.2. The Morgan fingerprint density at radius 2 is 1.95 bits per heavy atom. The summed E-state index contributed by atoms with van der Waals surface area (Å²) in [6.45, 7) is 4.03. The number of halogens is 3. The van der Waals surface area contributed by atoms with Gasteiger partial charge in [0, 0.05) is 0 Å². The van der Waals surface area contributed by atoms with E-state index < -0.39 is 17.3 Å². The summed E-state index contributed by atoms with van der Waals surface area (Å²) >= 11 is 0. The van der Waals surface area contributed by atoms with Crippen molar-refractivity contribution in [2.24, 2.45) is 11.8 Å². The number of hydrogen-bond donors (Lipinski definition) is 1. The molecule has 0 aliphatic heterocycles. The Kier molecular flexibility index (Phi) is 3.65. The number of benzene rings is 1. The van der Waals surface area contributed by atoms with Crippen molar-refractivity contribution in [3.05, 3.63) is 35.4 Å². The molecule has 0 saturated heterocycles. The predicted octanol–water partition coefficient (Wildman–Crippen LogP) is 4.35. The molecule has 106 valence electrons. The van der Waals surface area contributed by atoms with Crippen molar-refractivity contribution in [1.82, 2.24) is 0 Å². The second-order valence-corrected chi connectivity index (χ2v) is 5.78. The normalized spacial score (nSPS) is 32.3. The van der Waals surface area contributed by atoms with Crippen LogP contribution in [-0.2, 0) is 11.8 Å². The lowest BCUT2D eigenvalue weighted by Gasteiger charge is -2.41. The van der Waals surface area contributed by atoms with Crippen LogP contribution in [-0.4, -0.2) is 5.11 Å². The van der Waals surface area contributed by atoms with Crippen LogP contribution < -0.4 is 0 Å². The minimum atomic E-state index is -4.36. The lowest BCUT2D eigenvalue weighted by atomic mass is 9.69. The molecule has 0 spiro atoms. The average molecular weight is 272 g/mol. The number of rotatable bonds is 1. The van der Waals surface area contributed by atoms with Gasteiger partial charge in [-0.25, -0.2) is 0 Å². The van der Waals surface area contributed by atoms with Crippen LogP contribution in [0.1, 0.15) is 44.2 Å². The van der Waals surface area contributed by atoms with Gasteiger partial charge in [0.2, 0.25) is 0 Å². The number of hydrogen-bond acceptors (Lipinski definition) is 1. The molecule has 1 aliphatic rings. The van der Waals surface area contributed by atoms with Crippen LogP contribution in [0.2, 0.25) is 0 Å². The van der Waals surface area contributed by atoms with Crippen LogP contribution in [0.3, 0.4) is 0 Å². The number of aliphatic hydroxyl groups is 1. The van der Waals surface area contributed by atoms with E-state index in [2.05, 4.69) is 6.92 Å². The lowest BCUT2D eigenvalue weighted by molar-refractivity contribution is -0.138. The molecule has 4 heteroatoms.